The van der Waals surface area contributed by atoms with Crippen molar-refractivity contribution in [3.63, 3.8) is 0 Å². The van der Waals surface area contributed by atoms with E-state index in [0.29, 0.717) is 12.6 Å². The summed E-state index contributed by atoms with van der Waals surface area (Å²) >= 11 is 1.74. The van der Waals surface area contributed by atoms with Gasteiger partial charge in [-0.05, 0) is 36.6 Å². The van der Waals surface area contributed by atoms with Gasteiger partial charge in [-0.3, -0.25) is 0 Å². The molecule has 0 spiro atoms. The molecule has 0 atom stereocenters. The summed E-state index contributed by atoms with van der Waals surface area (Å²) in [7, 11) is 0. The third kappa shape index (κ3) is 4.70. The van der Waals surface area contributed by atoms with Crippen LogP contribution in [0.15, 0.2) is 73.1 Å². The van der Waals surface area contributed by atoms with Crippen LogP contribution in [0.2, 0.25) is 0 Å². The number of hydrogen-bond acceptors (Lipinski definition) is 6. The number of rotatable bonds is 7. The Kier molecular flexibility index (Phi) is 6.09. The maximum Gasteiger partial charge on any atom is 0.140 e. The van der Waals surface area contributed by atoms with Gasteiger partial charge in [0.05, 0.1) is 5.39 Å². The fourth-order valence-electron chi connectivity index (χ4n) is 4.08. The zero-order chi connectivity index (χ0) is 20.9. The Balaban J connectivity index is 1.18. The molecule has 31 heavy (non-hydrogen) atoms. The number of aromatic nitrogens is 2. The molecule has 2 aromatic heterocycles. The Hall–Kier alpha value is -2.96. The van der Waals surface area contributed by atoms with E-state index in [-0.39, 0.29) is 0 Å². The molecule has 2 aromatic carbocycles. The highest BCUT2D eigenvalue weighted by Gasteiger charge is 2.22. The van der Waals surface area contributed by atoms with Gasteiger partial charge in [0.1, 0.15) is 29.3 Å². The van der Waals surface area contributed by atoms with Crippen molar-refractivity contribution in [3.8, 4) is 16.2 Å². The average Bonchev–Trinajstić information content (AvgIpc) is 3.28. The Morgan fingerprint density at radius 1 is 0.968 bits per heavy atom. The van der Waals surface area contributed by atoms with Crippen molar-refractivity contribution in [1.29, 1.82) is 0 Å². The molecule has 4 aromatic rings. The SMILES string of the molecule is c1ccc(OCCNC2CCN(c3ncnc4sc(-c5ccccc5)cc34)CC2)cc1. The minimum absolute atomic E-state index is 0.523. The molecule has 1 aliphatic heterocycles. The fourth-order valence-corrected chi connectivity index (χ4v) is 5.08. The van der Waals surface area contributed by atoms with Gasteiger partial charge in [0.25, 0.3) is 0 Å². The topological polar surface area (TPSA) is 50.3 Å². The molecule has 0 bridgehead atoms. The molecule has 1 N–H and O–H groups in total. The van der Waals surface area contributed by atoms with Crippen molar-refractivity contribution in [3.05, 3.63) is 73.1 Å². The summed E-state index contributed by atoms with van der Waals surface area (Å²) in [5, 5.41) is 4.81. The maximum atomic E-state index is 5.79. The van der Waals surface area contributed by atoms with Gasteiger partial charge in [-0.15, -0.1) is 11.3 Å². The van der Waals surface area contributed by atoms with Crippen LogP contribution < -0.4 is 15.0 Å². The molecular weight excluding hydrogens is 404 g/mol. The van der Waals surface area contributed by atoms with Crippen LogP contribution in [0.1, 0.15) is 12.8 Å². The van der Waals surface area contributed by atoms with Crippen LogP contribution in [-0.2, 0) is 0 Å². The van der Waals surface area contributed by atoms with E-state index in [1.807, 2.05) is 36.4 Å². The number of thiophene rings is 1. The van der Waals surface area contributed by atoms with Gasteiger partial charge in [-0.1, -0.05) is 48.5 Å². The molecule has 5 rings (SSSR count). The van der Waals surface area contributed by atoms with Crippen LogP contribution >= 0.6 is 11.3 Å². The number of benzene rings is 2. The van der Waals surface area contributed by atoms with Crippen LogP contribution in [0, 0.1) is 0 Å². The lowest BCUT2D eigenvalue weighted by molar-refractivity contribution is 0.296. The van der Waals surface area contributed by atoms with E-state index in [1.54, 1.807) is 17.7 Å². The fraction of sp³-hybridized carbons (Fsp3) is 0.280. The summed E-state index contributed by atoms with van der Waals surface area (Å²) in [6.45, 7) is 3.55. The molecule has 6 heteroatoms. The molecule has 1 aliphatic rings. The number of fused-ring (bicyclic) bond motifs is 1. The summed E-state index contributed by atoms with van der Waals surface area (Å²) in [5.41, 5.74) is 1.23. The highest BCUT2D eigenvalue weighted by molar-refractivity contribution is 7.21. The van der Waals surface area contributed by atoms with E-state index < -0.39 is 0 Å². The van der Waals surface area contributed by atoms with Gasteiger partial charge < -0.3 is 15.0 Å². The first-order chi connectivity index (χ1) is 15.4. The van der Waals surface area contributed by atoms with E-state index in [9.17, 15) is 0 Å². The summed E-state index contributed by atoms with van der Waals surface area (Å²) in [6.07, 6.45) is 3.91. The van der Waals surface area contributed by atoms with E-state index in [4.69, 9.17) is 4.74 Å². The normalized spacial score (nSPS) is 14.8. The Morgan fingerprint density at radius 3 is 2.48 bits per heavy atom. The maximum absolute atomic E-state index is 5.79. The first-order valence-corrected chi connectivity index (χ1v) is 11.6. The van der Waals surface area contributed by atoms with Crippen LogP contribution in [-0.4, -0.2) is 42.3 Å². The minimum atomic E-state index is 0.523. The van der Waals surface area contributed by atoms with Gasteiger partial charge in [0, 0.05) is 30.6 Å². The standard InChI is InChI=1S/C25H26N4OS/c1-3-7-19(8-4-1)23-17-22-24(27-18-28-25(22)31-23)29-14-11-20(12-15-29)26-13-16-30-21-9-5-2-6-10-21/h1-10,17-18,20,26H,11-16H2. The lowest BCUT2D eigenvalue weighted by atomic mass is 10.0. The lowest BCUT2D eigenvalue weighted by Gasteiger charge is -2.33. The van der Waals surface area contributed by atoms with Gasteiger partial charge >= 0.3 is 0 Å². The van der Waals surface area contributed by atoms with Crippen molar-refractivity contribution in [2.24, 2.45) is 0 Å². The van der Waals surface area contributed by atoms with Crippen LogP contribution in [0.3, 0.4) is 0 Å². The molecule has 1 saturated heterocycles. The minimum Gasteiger partial charge on any atom is -0.492 e. The van der Waals surface area contributed by atoms with Crippen molar-refractivity contribution < 1.29 is 4.74 Å². The highest BCUT2D eigenvalue weighted by atomic mass is 32.1. The number of nitrogens with one attached hydrogen (secondary N) is 1. The predicted octanol–water partition coefficient (Wildman–Crippen LogP) is 5.00. The average molecular weight is 431 g/mol. The number of para-hydroxylation sites is 1. The zero-order valence-corrected chi connectivity index (χ0v) is 18.2. The second-order valence-electron chi connectivity index (χ2n) is 7.77. The number of anilines is 1. The van der Waals surface area contributed by atoms with Crippen LogP contribution in [0.5, 0.6) is 5.75 Å². The van der Waals surface area contributed by atoms with Crippen LogP contribution in [0.4, 0.5) is 5.82 Å². The second kappa shape index (κ2) is 9.45. The Morgan fingerprint density at radius 2 is 1.71 bits per heavy atom. The summed E-state index contributed by atoms with van der Waals surface area (Å²) in [6, 6.07) is 23.3. The lowest BCUT2D eigenvalue weighted by Crippen LogP contribution is -2.44. The van der Waals surface area contributed by atoms with Gasteiger partial charge in [0.2, 0.25) is 0 Å². The third-order valence-corrected chi connectivity index (χ3v) is 6.80. The van der Waals surface area contributed by atoms with Crippen molar-refractivity contribution >= 4 is 27.4 Å². The molecule has 0 amide bonds. The van der Waals surface area contributed by atoms with E-state index >= 15 is 0 Å². The summed E-state index contributed by atoms with van der Waals surface area (Å²) in [4.78, 5) is 13.9. The van der Waals surface area contributed by atoms with Gasteiger partial charge in [-0.25, -0.2) is 9.97 Å². The Bertz CT molecular complexity index is 1110. The van der Waals surface area contributed by atoms with Crippen molar-refractivity contribution in [1.82, 2.24) is 15.3 Å². The first kappa shape index (κ1) is 20.0. The highest BCUT2D eigenvalue weighted by Crippen LogP contribution is 2.36. The molecule has 0 aliphatic carbocycles. The first-order valence-electron chi connectivity index (χ1n) is 10.8. The quantitative estimate of drug-likeness (QED) is 0.418. The van der Waals surface area contributed by atoms with E-state index in [0.717, 1.165) is 54.3 Å². The monoisotopic (exact) mass is 430 g/mol. The van der Waals surface area contributed by atoms with Gasteiger partial charge in [-0.2, -0.15) is 0 Å². The second-order valence-corrected chi connectivity index (χ2v) is 8.80. The largest absolute Gasteiger partial charge is 0.492 e. The molecule has 0 radical (unpaired) electrons. The van der Waals surface area contributed by atoms with Crippen LogP contribution in [0.25, 0.3) is 20.7 Å². The van der Waals surface area contributed by atoms with Crippen molar-refractivity contribution in [2.45, 2.75) is 18.9 Å². The smallest absolute Gasteiger partial charge is 0.140 e. The number of hydrogen-bond donors (Lipinski definition) is 1. The molecule has 5 nitrogen and oxygen atoms in total. The zero-order valence-electron chi connectivity index (χ0n) is 17.4. The third-order valence-electron chi connectivity index (χ3n) is 5.71. The van der Waals surface area contributed by atoms with E-state index in [1.165, 1.54) is 10.4 Å². The number of ether oxygens (including phenoxy) is 1. The number of piperidine rings is 1. The van der Waals surface area contributed by atoms with Gasteiger partial charge in [0.15, 0.2) is 0 Å². The summed E-state index contributed by atoms with van der Waals surface area (Å²) < 4.78 is 5.79. The molecule has 3 heterocycles. The molecule has 0 unspecified atom stereocenters. The number of nitrogens with zero attached hydrogens (tertiary/aromatic N) is 3. The van der Waals surface area contributed by atoms with E-state index in [2.05, 4.69) is 50.5 Å². The summed E-state index contributed by atoms with van der Waals surface area (Å²) in [5.74, 6) is 1.99. The van der Waals surface area contributed by atoms with Crippen molar-refractivity contribution in [2.75, 3.05) is 31.1 Å². The molecule has 1 fully saturated rings. The molecule has 158 valence electrons. The predicted molar refractivity (Wildman–Crippen MR) is 128 cm³/mol. The molecular formula is C25H26N4OS. The Labute approximate surface area is 186 Å². The molecule has 0 saturated carbocycles.